The summed E-state index contributed by atoms with van der Waals surface area (Å²) in [5.74, 6) is 1.35. The van der Waals surface area contributed by atoms with Gasteiger partial charge in [-0.2, -0.15) is 0 Å². The summed E-state index contributed by atoms with van der Waals surface area (Å²) < 4.78 is 0. The molecule has 0 aliphatic carbocycles. The van der Waals surface area contributed by atoms with Gasteiger partial charge in [0.1, 0.15) is 0 Å². The summed E-state index contributed by atoms with van der Waals surface area (Å²) >= 11 is 0. The van der Waals surface area contributed by atoms with Crippen LogP contribution in [-0.2, 0) is 0 Å². The molecule has 0 spiro atoms. The third-order valence-corrected chi connectivity index (χ3v) is 4.93. The molecule has 0 aromatic carbocycles. The lowest BCUT2D eigenvalue weighted by molar-refractivity contribution is 0.392. The smallest absolute Gasteiger partial charge is 0.0208 e. The summed E-state index contributed by atoms with van der Waals surface area (Å²) in [5, 5.41) is 0.891. The van der Waals surface area contributed by atoms with E-state index < -0.39 is 0 Å². The number of hydrogen-bond donors (Lipinski definition) is 0. The molecular formula is C7H14S2. The van der Waals surface area contributed by atoms with Gasteiger partial charge in [-0.15, -0.1) is 0 Å². The van der Waals surface area contributed by atoms with Gasteiger partial charge >= 0.3 is 0 Å². The van der Waals surface area contributed by atoms with Crippen molar-refractivity contribution in [2.45, 2.75) is 32.4 Å². The van der Waals surface area contributed by atoms with E-state index in [2.05, 4.69) is 31.6 Å². The van der Waals surface area contributed by atoms with Crippen LogP contribution in [0.5, 0.6) is 0 Å². The van der Waals surface area contributed by atoms with Gasteiger partial charge in [0.25, 0.3) is 0 Å². The largest absolute Gasteiger partial charge is 0.0938 e. The minimum atomic E-state index is 0.522. The third kappa shape index (κ3) is 2.08. The average Bonchev–Trinajstić information content (AvgIpc) is 2.08. The normalized spacial score (nSPS) is 29.0. The maximum Gasteiger partial charge on any atom is 0.0208 e. The van der Waals surface area contributed by atoms with Crippen LogP contribution in [-0.4, -0.2) is 11.0 Å². The Hall–Kier alpha value is 0.700. The van der Waals surface area contributed by atoms with Gasteiger partial charge in [0.15, 0.2) is 0 Å². The maximum atomic E-state index is 2.33. The van der Waals surface area contributed by atoms with Gasteiger partial charge in [-0.25, -0.2) is 0 Å². The van der Waals surface area contributed by atoms with Gasteiger partial charge in [0.05, 0.1) is 0 Å². The molecule has 2 heteroatoms. The first kappa shape index (κ1) is 7.80. The van der Waals surface area contributed by atoms with E-state index in [0.29, 0.717) is 5.41 Å². The lowest BCUT2D eigenvalue weighted by Gasteiger charge is -2.24. The Labute approximate surface area is 65.6 Å². The van der Waals surface area contributed by atoms with Crippen molar-refractivity contribution in [3.05, 3.63) is 0 Å². The fourth-order valence-electron chi connectivity index (χ4n) is 0.911. The minimum absolute atomic E-state index is 0.522. The van der Waals surface area contributed by atoms with Crippen LogP contribution in [0.1, 0.15) is 27.2 Å². The second kappa shape index (κ2) is 2.75. The standard InChI is InChI=1S/C7H14S2/c1-7(2,3)6-4-5-8-9-6/h6H,4-5H2,1-3H3/t6-/m1/s1. The van der Waals surface area contributed by atoms with E-state index in [4.69, 9.17) is 0 Å². The van der Waals surface area contributed by atoms with Crippen LogP contribution in [0.2, 0.25) is 0 Å². The Bertz CT molecular complexity index is 87.6. The topological polar surface area (TPSA) is 0 Å². The zero-order valence-electron chi connectivity index (χ0n) is 6.31. The first-order chi connectivity index (χ1) is 4.11. The molecule has 0 aromatic heterocycles. The van der Waals surface area contributed by atoms with Gasteiger partial charge in [0.2, 0.25) is 0 Å². The molecule has 0 amide bonds. The molecule has 0 radical (unpaired) electrons. The quantitative estimate of drug-likeness (QED) is 0.502. The summed E-state index contributed by atoms with van der Waals surface area (Å²) in [5.41, 5.74) is 0.522. The van der Waals surface area contributed by atoms with Crippen molar-refractivity contribution in [1.82, 2.24) is 0 Å². The van der Waals surface area contributed by atoms with Crippen molar-refractivity contribution in [3.63, 3.8) is 0 Å². The van der Waals surface area contributed by atoms with E-state index >= 15 is 0 Å². The molecule has 0 unspecified atom stereocenters. The van der Waals surface area contributed by atoms with Crippen molar-refractivity contribution in [2.75, 3.05) is 5.75 Å². The van der Waals surface area contributed by atoms with E-state index in [1.165, 1.54) is 12.2 Å². The third-order valence-electron chi connectivity index (χ3n) is 1.61. The van der Waals surface area contributed by atoms with Crippen molar-refractivity contribution in [1.29, 1.82) is 0 Å². The molecule has 1 aliphatic rings. The molecule has 0 saturated carbocycles. The lowest BCUT2D eigenvalue weighted by atomic mass is 9.90. The van der Waals surface area contributed by atoms with E-state index in [-0.39, 0.29) is 0 Å². The molecule has 54 valence electrons. The van der Waals surface area contributed by atoms with Crippen molar-refractivity contribution in [2.24, 2.45) is 5.41 Å². The lowest BCUT2D eigenvalue weighted by Crippen LogP contribution is -2.20. The highest BCUT2D eigenvalue weighted by atomic mass is 33.1. The predicted octanol–water partition coefficient (Wildman–Crippen LogP) is 3.19. The summed E-state index contributed by atoms with van der Waals surface area (Å²) in [7, 11) is 4.09. The highest BCUT2D eigenvalue weighted by molar-refractivity contribution is 8.77. The van der Waals surface area contributed by atoms with E-state index in [1.54, 1.807) is 0 Å². The summed E-state index contributed by atoms with van der Waals surface area (Å²) in [6.07, 6.45) is 1.40. The van der Waals surface area contributed by atoms with Crippen molar-refractivity contribution in [3.8, 4) is 0 Å². The van der Waals surface area contributed by atoms with Gasteiger partial charge in [0, 0.05) is 11.0 Å². The summed E-state index contributed by atoms with van der Waals surface area (Å²) in [6.45, 7) is 6.99. The monoisotopic (exact) mass is 162 g/mol. The molecule has 0 aromatic rings. The van der Waals surface area contributed by atoms with Crippen LogP contribution in [0.25, 0.3) is 0 Å². The molecule has 0 N–H and O–H groups in total. The second-order valence-electron chi connectivity index (χ2n) is 3.56. The van der Waals surface area contributed by atoms with Crippen LogP contribution in [0.3, 0.4) is 0 Å². The number of rotatable bonds is 0. The highest BCUT2D eigenvalue weighted by Crippen LogP contribution is 2.45. The molecule has 0 bridgehead atoms. The molecule has 1 saturated heterocycles. The Morgan fingerprint density at radius 3 is 2.22 bits per heavy atom. The molecule has 1 fully saturated rings. The Morgan fingerprint density at radius 2 is 2.00 bits per heavy atom. The summed E-state index contributed by atoms with van der Waals surface area (Å²) in [4.78, 5) is 0. The van der Waals surface area contributed by atoms with Crippen molar-refractivity contribution < 1.29 is 0 Å². The molecule has 1 aliphatic heterocycles. The van der Waals surface area contributed by atoms with Crippen LogP contribution in [0.15, 0.2) is 0 Å². The van der Waals surface area contributed by atoms with Crippen LogP contribution >= 0.6 is 21.6 Å². The molecule has 9 heavy (non-hydrogen) atoms. The number of hydrogen-bond acceptors (Lipinski definition) is 2. The van der Waals surface area contributed by atoms with Crippen LogP contribution in [0, 0.1) is 5.41 Å². The molecule has 0 nitrogen and oxygen atoms in total. The first-order valence-electron chi connectivity index (χ1n) is 3.39. The van der Waals surface area contributed by atoms with Crippen molar-refractivity contribution >= 4 is 21.6 Å². The molecule has 1 atom stereocenters. The zero-order chi connectivity index (χ0) is 6.91. The Kier molecular flexibility index (Phi) is 2.38. The predicted molar refractivity (Wildman–Crippen MR) is 47.9 cm³/mol. The fourth-order valence-corrected chi connectivity index (χ4v) is 4.38. The van der Waals surface area contributed by atoms with Crippen LogP contribution in [0.4, 0.5) is 0 Å². The van der Waals surface area contributed by atoms with E-state index in [1.807, 2.05) is 10.8 Å². The maximum absolute atomic E-state index is 2.33. The minimum Gasteiger partial charge on any atom is -0.0938 e. The van der Waals surface area contributed by atoms with Gasteiger partial charge in [-0.05, 0) is 11.8 Å². The fraction of sp³-hybridized carbons (Fsp3) is 1.00. The van der Waals surface area contributed by atoms with E-state index in [0.717, 1.165) is 5.25 Å². The van der Waals surface area contributed by atoms with E-state index in [9.17, 15) is 0 Å². The summed E-state index contributed by atoms with van der Waals surface area (Å²) in [6, 6.07) is 0. The highest BCUT2D eigenvalue weighted by Gasteiger charge is 2.28. The Morgan fingerprint density at radius 1 is 1.33 bits per heavy atom. The first-order valence-corrected chi connectivity index (χ1v) is 5.77. The molecule has 1 rings (SSSR count). The molecule has 1 heterocycles. The average molecular weight is 162 g/mol. The SMILES string of the molecule is CC(C)(C)[C@H]1CCSS1. The Balaban J connectivity index is 2.42. The van der Waals surface area contributed by atoms with Gasteiger partial charge < -0.3 is 0 Å². The van der Waals surface area contributed by atoms with Crippen LogP contribution < -0.4 is 0 Å². The second-order valence-corrected chi connectivity index (χ2v) is 6.25. The van der Waals surface area contributed by atoms with Gasteiger partial charge in [-0.1, -0.05) is 42.4 Å². The zero-order valence-corrected chi connectivity index (χ0v) is 7.94. The van der Waals surface area contributed by atoms with Gasteiger partial charge in [-0.3, -0.25) is 0 Å². The molecular weight excluding hydrogens is 148 g/mol.